The Morgan fingerprint density at radius 3 is 3.10 bits per heavy atom. The number of anilines is 3. The quantitative estimate of drug-likeness (QED) is 0.750. The smallest absolute Gasteiger partial charge is 0.262 e. The van der Waals surface area contributed by atoms with Crippen LogP contribution in [0.15, 0.2) is 34.9 Å². The molecule has 6 nitrogen and oxygen atoms in total. The van der Waals surface area contributed by atoms with Gasteiger partial charge in [-0.15, -0.1) is 0 Å². The highest BCUT2D eigenvalue weighted by Gasteiger charge is 2.18. The average Bonchev–Trinajstić information content (AvgIpc) is 2.93. The molecular weight excluding hydrogens is 270 g/mol. The van der Waals surface area contributed by atoms with Crippen LogP contribution in [0.4, 0.5) is 17.1 Å². The summed E-state index contributed by atoms with van der Waals surface area (Å²) in [5.74, 6) is 1.33. The first kappa shape index (κ1) is 13.4. The normalized spacial score (nSPS) is 14.8. The monoisotopic (exact) mass is 287 g/mol. The van der Waals surface area contributed by atoms with Gasteiger partial charge < -0.3 is 25.5 Å². The summed E-state index contributed by atoms with van der Waals surface area (Å²) in [6.45, 7) is 2.06. The highest BCUT2D eigenvalue weighted by Crippen LogP contribution is 2.35. The molecule has 2 heterocycles. The Morgan fingerprint density at radius 2 is 2.33 bits per heavy atom. The molecule has 2 aromatic rings. The third-order valence-electron chi connectivity index (χ3n) is 3.27. The average molecular weight is 287 g/mol. The van der Waals surface area contributed by atoms with Crippen LogP contribution in [0, 0.1) is 0 Å². The second-order valence-corrected chi connectivity index (χ2v) is 5.10. The first-order valence-corrected chi connectivity index (χ1v) is 6.77. The Bertz CT molecular complexity index is 652. The van der Waals surface area contributed by atoms with E-state index in [1.54, 1.807) is 18.4 Å². The second kappa shape index (κ2) is 5.40. The van der Waals surface area contributed by atoms with Gasteiger partial charge in [-0.25, -0.2) is 0 Å². The van der Waals surface area contributed by atoms with Crippen molar-refractivity contribution in [3.8, 4) is 5.75 Å². The third kappa shape index (κ3) is 2.94. The maximum Gasteiger partial charge on any atom is 0.262 e. The largest absolute Gasteiger partial charge is 0.482 e. The molecule has 1 aliphatic heterocycles. The number of hydrogen-bond acceptors (Lipinski definition) is 5. The van der Waals surface area contributed by atoms with Crippen LogP contribution in [-0.2, 0) is 11.2 Å². The van der Waals surface area contributed by atoms with E-state index < -0.39 is 0 Å². The number of nitrogen functional groups attached to an aromatic ring is 1. The summed E-state index contributed by atoms with van der Waals surface area (Å²) in [7, 11) is 0. The maximum absolute atomic E-state index is 11.4. The van der Waals surface area contributed by atoms with E-state index in [2.05, 4.69) is 10.6 Å². The zero-order chi connectivity index (χ0) is 14.8. The van der Waals surface area contributed by atoms with E-state index in [1.807, 2.05) is 19.1 Å². The molecular formula is C15H17N3O3. The molecule has 0 saturated carbocycles. The minimum absolute atomic E-state index is 0.0219. The molecule has 6 heteroatoms. The van der Waals surface area contributed by atoms with E-state index in [0.717, 1.165) is 17.9 Å². The van der Waals surface area contributed by atoms with Crippen molar-refractivity contribution in [2.75, 3.05) is 23.0 Å². The van der Waals surface area contributed by atoms with E-state index in [9.17, 15) is 4.79 Å². The minimum Gasteiger partial charge on any atom is -0.482 e. The molecule has 0 aliphatic carbocycles. The lowest BCUT2D eigenvalue weighted by Gasteiger charge is -2.22. The SMILES string of the molecule is CC(Cc1ccco1)Nc1cc2c(cc1N)OCC(=O)N2. The Morgan fingerprint density at radius 1 is 1.48 bits per heavy atom. The molecule has 4 N–H and O–H groups in total. The third-order valence-corrected chi connectivity index (χ3v) is 3.27. The summed E-state index contributed by atoms with van der Waals surface area (Å²) in [5, 5.41) is 6.09. The lowest BCUT2D eigenvalue weighted by Crippen LogP contribution is -2.26. The summed E-state index contributed by atoms with van der Waals surface area (Å²) in [4.78, 5) is 11.4. The van der Waals surface area contributed by atoms with Crippen LogP contribution in [0.1, 0.15) is 12.7 Å². The number of hydrogen-bond donors (Lipinski definition) is 3. The Balaban J connectivity index is 1.75. The molecule has 1 atom stereocenters. The fraction of sp³-hybridized carbons (Fsp3) is 0.267. The first-order valence-electron chi connectivity index (χ1n) is 6.77. The van der Waals surface area contributed by atoms with Crippen molar-refractivity contribution in [2.24, 2.45) is 0 Å². The summed E-state index contributed by atoms with van der Waals surface area (Å²) in [6, 6.07) is 7.44. The molecule has 3 rings (SSSR count). The molecule has 1 aliphatic rings. The number of nitrogens with one attached hydrogen (secondary N) is 2. The number of ether oxygens (including phenoxy) is 1. The Labute approximate surface area is 122 Å². The van der Waals surface area contributed by atoms with Gasteiger partial charge in [0, 0.05) is 18.5 Å². The Kier molecular flexibility index (Phi) is 3.43. The molecule has 0 radical (unpaired) electrons. The molecule has 1 aromatic carbocycles. The zero-order valence-corrected chi connectivity index (χ0v) is 11.7. The van der Waals surface area contributed by atoms with E-state index in [0.29, 0.717) is 17.1 Å². The number of nitrogens with two attached hydrogens (primary N) is 1. The van der Waals surface area contributed by atoms with E-state index in [1.165, 1.54) is 0 Å². The summed E-state index contributed by atoms with van der Waals surface area (Å²) in [5.41, 5.74) is 8.00. The van der Waals surface area contributed by atoms with Crippen LogP contribution in [0.5, 0.6) is 5.75 Å². The van der Waals surface area contributed by atoms with Crippen LogP contribution in [0.25, 0.3) is 0 Å². The number of carbonyl (C=O) groups excluding carboxylic acids is 1. The molecule has 0 saturated heterocycles. The summed E-state index contributed by atoms with van der Waals surface area (Å²) < 4.78 is 10.7. The van der Waals surface area contributed by atoms with Gasteiger partial charge in [0.15, 0.2) is 6.61 Å². The van der Waals surface area contributed by atoms with E-state index >= 15 is 0 Å². The van der Waals surface area contributed by atoms with Gasteiger partial charge in [0.05, 0.1) is 23.3 Å². The van der Waals surface area contributed by atoms with Gasteiger partial charge in [-0.3, -0.25) is 4.79 Å². The van der Waals surface area contributed by atoms with Crippen LogP contribution < -0.4 is 21.1 Å². The predicted molar refractivity (Wildman–Crippen MR) is 80.5 cm³/mol. The highest BCUT2D eigenvalue weighted by molar-refractivity contribution is 5.97. The zero-order valence-electron chi connectivity index (χ0n) is 11.7. The van der Waals surface area contributed by atoms with Gasteiger partial charge in [0.25, 0.3) is 5.91 Å². The van der Waals surface area contributed by atoms with Crippen LogP contribution >= 0.6 is 0 Å². The second-order valence-electron chi connectivity index (χ2n) is 5.10. The van der Waals surface area contributed by atoms with Gasteiger partial charge in [-0.05, 0) is 25.1 Å². The van der Waals surface area contributed by atoms with E-state index in [-0.39, 0.29) is 18.6 Å². The Hall–Kier alpha value is -2.63. The van der Waals surface area contributed by atoms with Crippen molar-refractivity contribution in [1.29, 1.82) is 0 Å². The number of furan rings is 1. The summed E-state index contributed by atoms with van der Waals surface area (Å²) in [6.07, 6.45) is 2.40. The molecule has 21 heavy (non-hydrogen) atoms. The van der Waals surface area contributed by atoms with E-state index in [4.69, 9.17) is 14.9 Å². The van der Waals surface area contributed by atoms with Crippen LogP contribution in [0.3, 0.4) is 0 Å². The van der Waals surface area contributed by atoms with Crippen molar-refractivity contribution in [3.63, 3.8) is 0 Å². The standard InChI is InChI=1S/C15H17N3O3/c1-9(5-10-3-2-4-20-10)17-12-7-13-14(6-11(12)16)21-8-15(19)18-13/h2-4,6-7,9,17H,5,8,16H2,1H3,(H,18,19). The number of amides is 1. The highest BCUT2D eigenvalue weighted by atomic mass is 16.5. The van der Waals surface area contributed by atoms with Crippen molar-refractivity contribution in [3.05, 3.63) is 36.3 Å². The molecule has 110 valence electrons. The van der Waals surface area contributed by atoms with Crippen molar-refractivity contribution < 1.29 is 13.9 Å². The van der Waals surface area contributed by atoms with Gasteiger partial charge in [0.2, 0.25) is 0 Å². The summed E-state index contributed by atoms with van der Waals surface area (Å²) >= 11 is 0. The number of benzene rings is 1. The van der Waals surface area contributed by atoms with Gasteiger partial charge >= 0.3 is 0 Å². The van der Waals surface area contributed by atoms with Gasteiger partial charge in [-0.1, -0.05) is 0 Å². The number of carbonyl (C=O) groups is 1. The lowest BCUT2D eigenvalue weighted by atomic mass is 10.1. The van der Waals surface area contributed by atoms with Crippen molar-refractivity contribution >= 4 is 23.0 Å². The minimum atomic E-state index is -0.165. The fourth-order valence-corrected chi connectivity index (χ4v) is 2.31. The topological polar surface area (TPSA) is 89.5 Å². The molecule has 0 fully saturated rings. The molecule has 0 bridgehead atoms. The van der Waals surface area contributed by atoms with Gasteiger partial charge in [0.1, 0.15) is 11.5 Å². The molecule has 1 aromatic heterocycles. The molecule has 0 spiro atoms. The first-order chi connectivity index (χ1) is 10.1. The number of fused-ring (bicyclic) bond motifs is 1. The van der Waals surface area contributed by atoms with Crippen LogP contribution in [-0.4, -0.2) is 18.6 Å². The van der Waals surface area contributed by atoms with Gasteiger partial charge in [-0.2, -0.15) is 0 Å². The predicted octanol–water partition coefficient (Wildman–Crippen LogP) is 2.24. The van der Waals surface area contributed by atoms with Crippen LogP contribution in [0.2, 0.25) is 0 Å². The maximum atomic E-state index is 11.4. The lowest BCUT2D eigenvalue weighted by molar-refractivity contribution is -0.118. The van der Waals surface area contributed by atoms with Crippen molar-refractivity contribution in [1.82, 2.24) is 0 Å². The molecule has 1 amide bonds. The fourth-order valence-electron chi connectivity index (χ4n) is 2.31. The number of rotatable bonds is 4. The molecule has 1 unspecified atom stereocenters. The van der Waals surface area contributed by atoms with Crippen molar-refractivity contribution in [2.45, 2.75) is 19.4 Å².